The fraction of sp³-hybridized carbons (Fsp3) is 0.882. The molecule has 1 fully saturated rings. The molecule has 0 spiro atoms. The number of unbranched alkanes of at least 4 members (excludes halogenated alkanes) is 30. The number of aliphatic hydroxyl groups excluding tert-OH is 4. The van der Waals surface area contributed by atoms with Gasteiger partial charge in [-0.1, -0.05) is 199 Å². The Labute approximate surface area is 373 Å². The average Bonchev–Trinajstić information content (AvgIpc) is 3.26. The van der Waals surface area contributed by atoms with Gasteiger partial charge in [0.05, 0.1) is 13.2 Å². The zero-order valence-corrected chi connectivity index (χ0v) is 39.0. The molecule has 10 nitrogen and oxygen atoms in total. The Hall–Kier alpha value is -2.18. The van der Waals surface area contributed by atoms with Gasteiger partial charge in [-0.05, 0) is 37.5 Å². The quantitative estimate of drug-likeness (QED) is 0.0263. The predicted molar refractivity (Wildman–Crippen MR) is 249 cm³/mol. The van der Waals surface area contributed by atoms with E-state index in [1.165, 1.54) is 141 Å². The Morgan fingerprint density at radius 1 is 0.557 bits per heavy atom. The molecule has 0 saturated carbocycles. The summed E-state index contributed by atoms with van der Waals surface area (Å²) in [5.41, 5.74) is 0. The van der Waals surface area contributed by atoms with Crippen molar-refractivity contribution in [2.24, 2.45) is 0 Å². The summed E-state index contributed by atoms with van der Waals surface area (Å²) in [5, 5.41) is 45.9. The lowest BCUT2D eigenvalue weighted by atomic mass is 9.99. The van der Waals surface area contributed by atoms with E-state index < -0.39 is 49.3 Å². The summed E-state index contributed by atoms with van der Waals surface area (Å²) >= 11 is 0. The van der Waals surface area contributed by atoms with E-state index in [4.69, 9.17) is 9.47 Å². The van der Waals surface area contributed by atoms with Crippen molar-refractivity contribution in [3.8, 4) is 23.7 Å². The number of amides is 2. The lowest BCUT2D eigenvalue weighted by Crippen LogP contribution is -2.60. The van der Waals surface area contributed by atoms with E-state index in [1.807, 2.05) is 0 Å². The minimum atomic E-state index is -1.60. The van der Waals surface area contributed by atoms with Gasteiger partial charge in [-0.15, -0.1) is 0 Å². The Kier molecular flexibility index (Phi) is 39.0. The molecule has 6 N–H and O–H groups in total. The van der Waals surface area contributed by atoms with E-state index >= 15 is 0 Å². The highest BCUT2D eigenvalue weighted by Crippen LogP contribution is 2.22. The number of carbonyl (C=O) groups excluding carboxylic acids is 2. The van der Waals surface area contributed by atoms with Crippen LogP contribution in [0.4, 0.5) is 0 Å². The molecule has 1 unspecified atom stereocenters. The third-order valence-corrected chi connectivity index (χ3v) is 11.9. The second-order valence-electron chi connectivity index (χ2n) is 17.5. The van der Waals surface area contributed by atoms with Gasteiger partial charge in [0.1, 0.15) is 30.5 Å². The predicted octanol–water partition coefficient (Wildman–Crippen LogP) is 9.71. The van der Waals surface area contributed by atoms with Crippen LogP contribution in [0, 0.1) is 23.7 Å². The van der Waals surface area contributed by atoms with E-state index in [9.17, 15) is 30.0 Å². The first-order chi connectivity index (χ1) is 29.8. The summed E-state index contributed by atoms with van der Waals surface area (Å²) in [6, 6.07) is -1.04. The number of hydrogen-bond acceptors (Lipinski definition) is 8. The zero-order chi connectivity index (χ0) is 44.4. The zero-order valence-electron chi connectivity index (χ0n) is 39.0. The summed E-state index contributed by atoms with van der Waals surface area (Å²) in [4.78, 5) is 26.2. The SMILES string of the molecule is CCCCCCCCCCCC#CC#CCCCCCCCCC(=O)NC(CO[C@@H]1O[C@H](CO)[C@H](O)[C@H](O)[C@H]1O)C(=O)NCCCCCCCCCCCCCCCCCC. The fourth-order valence-electron chi connectivity index (χ4n) is 7.80. The van der Waals surface area contributed by atoms with E-state index in [0.29, 0.717) is 13.0 Å². The molecular formula is C51H92N2O8. The van der Waals surface area contributed by atoms with Gasteiger partial charge in [0.2, 0.25) is 11.8 Å². The molecule has 354 valence electrons. The van der Waals surface area contributed by atoms with Crippen LogP contribution in [0.15, 0.2) is 0 Å². The molecule has 1 aliphatic rings. The molecule has 1 heterocycles. The van der Waals surface area contributed by atoms with Crippen LogP contribution in [0.25, 0.3) is 0 Å². The first kappa shape index (κ1) is 56.8. The summed E-state index contributed by atoms with van der Waals surface area (Å²) in [7, 11) is 0. The van der Waals surface area contributed by atoms with Crippen LogP contribution < -0.4 is 10.6 Å². The first-order valence-electron chi connectivity index (χ1n) is 25.3. The van der Waals surface area contributed by atoms with Gasteiger partial charge in [0, 0.05) is 25.8 Å². The van der Waals surface area contributed by atoms with Gasteiger partial charge < -0.3 is 40.5 Å². The Morgan fingerprint density at radius 3 is 1.41 bits per heavy atom. The van der Waals surface area contributed by atoms with Crippen molar-refractivity contribution in [1.29, 1.82) is 0 Å². The van der Waals surface area contributed by atoms with Crippen molar-refractivity contribution in [3.63, 3.8) is 0 Å². The van der Waals surface area contributed by atoms with Crippen LogP contribution >= 0.6 is 0 Å². The topological polar surface area (TPSA) is 158 Å². The molecule has 1 aliphatic heterocycles. The summed E-state index contributed by atoms with van der Waals surface area (Å²) in [6.07, 6.45) is 32.8. The summed E-state index contributed by atoms with van der Waals surface area (Å²) in [6.45, 7) is 4.09. The van der Waals surface area contributed by atoms with Gasteiger partial charge in [-0.3, -0.25) is 9.59 Å². The van der Waals surface area contributed by atoms with Crippen LogP contribution in [0.3, 0.4) is 0 Å². The van der Waals surface area contributed by atoms with E-state index in [0.717, 1.165) is 64.2 Å². The lowest BCUT2D eigenvalue weighted by Gasteiger charge is -2.39. The maximum absolute atomic E-state index is 13.2. The van der Waals surface area contributed by atoms with Gasteiger partial charge in [-0.25, -0.2) is 0 Å². The normalized spacial score (nSPS) is 19.1. The Morgan fingerprint density at radius 2 is 0.967 bits per heavy atom. The van der Waals surface area contributed by atoms with E-state index in [2.05, 4.69) is 48.2 Å². The number of nitrogens with one attached hydrogen (secondary N) is 2. The van der Waals surface area contributed by atoms with Crippen LogP contribution in [-0.2, 0) is 19.1 Å². The van der Waals surface area contributed by atoms with Gasteiger partial charge in [0.15, 0.2) is 6.29 Å². The van der Waals surface area contributed by atoms with Gasteiger partial charge in [0.25, 0.3) is 0 Å². The molecule has 0 aromatic heterocycles. The van der Waals surface area contributed by atoms with Crippen LogP contribution in [0.5, 0.6) is 0 Å². The third-order valence-electron chi connectivity index (χ3n) is 11.9. The number of ether oxygens (including phenoxy) is 2. The van der Waals surface area contributed by atoms with Crippen LogP contribution in [0.2, 0.25) is 0 Å². The molecule has 61 heavy (non-hydrogen) atoms. The number of aliphatic hydroxyl groups is 4. The molecule has 0 aromatic rings. The maximum Gasteiger partial charge on any atom is 0.244 e. The summed E-state index contributed by atoms with van der Waals surface area (Å²) in [5.74, 6) is 11.7. The van der Waals surface area contributed by atoms with Gasteiger partial charge in [-0.2, -0.15) is 0 Å². The highest BCUT2D eigenvalue weighted by atomic mass is 16.7. The number of carbonyl (C=O) groups is 2. The molecule has 1 saturated heterocycles. The molecule has 0 bridgehead atoms. The Balaban J connectivity index is 2.30. The largest absolute Gasteiger partial charge is 0.394 e. The first-order valence-corrected chi connectivity index (χ1v) is 25.3. The molecule has 1 rings (SSSR count). The standard InChI is InChI=1S/C51H92N2O8/c1-3-5-7-9-11-13-15-17-19-21-22-23-24-25-26-28-30-32-34-36-38-40-46(55)53-44(43-60-51-49(58)48(57)47(56)45(42-54)61-51)50(59)52-41-39-37-35-33-31-29-27-20-18-16-14-12-10-8-6-4-2/h44-45,47-49,51,54,56-58H,3-21,26-43H2,1-2H3,(H,52,59)(H,53,55)/t44?,45-,47+,48+,49-,51-/m1/s1. The average molecular weight is 861 g/mol. The molecule has 2 amide bonds. The molecule has 0 radical (unpaired) electrons. The van der Waals surface area contributed by atoms with Crippen molar-refractivity contribution in [3.05, 3.63) is 0 Å². The monoisotopic (exact) mass is 861 g/mol. The number of rotatable bonds is 40. The minimum absolute atomic E-state index is 0.269. The summed E-state index contributed by atoms with van der Waals surface area (Å²) < 4.78 is 11.1. The minimum Gasteiger partial charge on any atom is -0.394 e. The molecule has 0 aliphatic carbocycles. The molecular weight excluding hydrogens is 769 g/mol. The van der Waals surface area contributed by atoms with Crippen molar-refractivity contribution in [2.45, 2.75) is 269 Å². The lowest BCUT2D eigenvalue weighted by molar-refractivity contribution is -0.301. The van der Waals surface area contributed by atoms with Crippen LogP contribution in [0.1, 0.15) is 232 Å². The maximum atomic E-state index is 13.2. The highest BCUT2D eigenvalue weighted by Gasteiger charge is 2.44. The third kappa shape index (κ3) is 32.2. The molecule has 10 heteroatoms. The second-order valence-corrected chi connectivity index (χ2v) is 17.5. The molecule has 6 atom stereocenters. The van der Waals surface area contributed by atoms with Crippen molar-refractivity contribution >= 4 is 11.8 Å². The number of hydrogen-bond donors (Lipinski definition) is 6. The van der Waals surface area contributed by atoms with E-state index in [1.54, 1.807) is 0 Å². The van der Waals surface area contributed by atoms with Crippen molar-refractivity contribution in [2.75, 3.05) is 19.8 Å². The van der Waals surface area contributed by atoms with Crippen molar-refractivity contribution in [1.82, 2.24) is 10.6 Å². The Bertz CT molecular complexity index is 1160. The highest BCUT2D eigenvalue weighted by molar-refractivity contribution is 5.87. The second kappa shape index (κ2) is 41.8. The van der Waals surface area contributed by atoms with Crippen LogP contribution in [-0.4, -0.2) is 88.7 Å². The smallest absolute Gasteiger partial charge is 0.244 e. The fourth-order valence-corrected chi connectivity index (χ4v) is 7.80. The molecule has 0 aromatic carbocycles. The van der Waals surface area contributed by atoms with Crippen molar-refractivity contribution < 1.29 is 39.5 Å². The van der Waals surface area contributed by atoms with Gasteiger partial charge >= 0.3 is 0 Å². The van der Waals surface area contributed by atoms with E-state index in [-0.39, 0.29) is 18.9 Å².